The second-order valence-corrected chi connectivity index (χ2v) is 4.59. The Morgan fingerprint density at radius 1 is 1.36 bits per heavy atom. The number of rotatable bonds is 6. The summed E-state index contributed by atoms with van der Waals surface area (Å²) in [5.41, 5.74) is 0. The molecule has 1 rings (SSSR count). The fourth-order valence-corrected chi connectivity index (χ4v) is 2.21. The summed E-state index contributed by atoms with van der Waals surface area (Å²) >= 11 is 0. The Balaban J connectivity index is 2.05. The largest absolute Gasteiger partial charge is 0.396 e. The Morgan fingerprint density at radius 2 is 2.14 bits per heavy atom. The van der Waals surface area contributed by atoms with Crippen LogP contribution in [0.2, 0.25) is 0 Å². The molecule has 2 N–H and O–H groups in total. The molecule has 2 unspecified atom stereocenters. The fourth-order valence-electron chi connectivity index (χ4n) is 2.21. The van der Waals surface area contributed by atoms with E-state index in [-0.39, 0.29) is 0 Å². The molecule has 0 spiro atoms. The van der Waals surface area contributed by atoms with Crippen molar-refractivity contribution in [2.45, 2.75) is 31.7 Å². The molecule has 2 atom stereocenters. The van der Waals surface area contributed by atoms with Crippen LogP contribution in [0.3, 0.4) is 0 Å². The van der Waals surface area contributed by atoms with Gasteiger partial charge in [0.05, 0.1) is 0 Å². The average Bonchev–Trinajstić information content (AvgIpc) is 2.59. The third-order valence-corrected chi connectivity index (χ3v) is 3.08. The first-order chi connectivity index (χ1) is 6.74. The maximum atomic E-state index is 9.13. The van der Waals surface area contributed by atoms with E-state index in [0.717, 1.165) is 13.1 Å². The van der Waals surface area contributed by atoms with Crippen molar-refractivity contribution < 1.29 is 5.11 Å². The van der Waals surface area contributed by atoms with Crippen molar-refractivity contribution in [3.63, 3.8) is 0 Å². The highest BCUT2D eigenvalue weighted by molar-refractivity contribution is 4.82. The van der Waals surface area contributed by atoms with Gasteiger partial charge in [0.15, 0.2) is 0 Å². The van der Waals surface area contributed by atoms with E-state index in [1.54, 1.807) is 0 Å². The highest BCUT2D eigenvalue weighted by atomic mass is 16.3. The molecule has 3 nitrogen and oxygen atoms in total. The van der Waals surface area contributed by atoms with Gasteiger partial charge in [-0.05, 0) is 52.4 Å². The number of aliphatic hydroxyl groups is 1. The van der Waals surface area contributed by atoms with Gasteiger partial charge in [0, 0.05) is 12.6 Å². The highest BCUT2D eigenvalue weighted by Crippen LogP contribution is 2.24. The normalized spacial score (nSPS) is 27.4. The first-order valence-corrected chi connectivity index (χ1v) is 5.73. The van der Waals surface area contributed by atoms with Crippen molar-refractivity contribution in [2.75, 3.05) is 33.8 Å². The van der Waals surface area contributed by atoms with Crippen LogP contribution in [0.5, 0.6) is 0 Å². The SMILES string of the molecule is CN(C)CCCNC1CCCC1CO. The molecule has 0 radical (unpaired) electrons. The van der Waals surface area contributed by atoms with Crippen LogP contribution in [-0.2, 0) is 0 Å². The molecule has 14 heavy (non-hydrogen) atoms. The third kappa shape index (κ3) is 3.95. The molecule has 0 aliphatic heterocycles. The summed E-state index contributed by atoms with van der Waals surface area (Å²) in [6.07, 6.45) is 4.91. The predicted molar refractivity (Wildman–Crippen MR) is 59.4 cm³/mol. The monoisotopic (exact) mass is 200 g/mol. The molecule has 0 amide bonds. The molecule has 1 fully saturated rings. The van der Waals surface area contributed by atoms with E-state index in [9.17, 15) is 0 Å². The Kier molecular flexibility index (Phi) is 5.45. The molecule has 1 aliphatic rings. The lowest BCUT2D eigenvalue weighted by Gasteiger charge is -2.19. The average molecular weight is 200 g/mol. The van der Waals surface area contributed by atoms with Gasteiger partial charge in [-0.3, -0.25) is 0 Å². The van der Waals surface area contributed by atoms with E-state index in [0.29, 0.717) is 18.6 Å². The molecular weight excluding hydrogens is 176 g/mol. The molecule has 1 aliphatic carbocycles. The molecule has 84 valence electrons. The lowest BCUT2D eigenvalue weighted by molar-refractivity contribution is 0.205. The fraction of sp³-hybridized carbons (Fsp3) is 1.00. The summed E-state index contributed by atoms with van der Waals surface area (Å²) in [6, 6.07) is 0.571. The number of hydrogen-bond donors (Lipinski definition) is 2. The Hall–Kier alpha value is -0.120. The zero-order chi connectivity index (χ0) is 10.4. The number of hydrogen-bond acceptors (Lipinski definition) is 3. The smallest absolute Gasteiger partial charge is 0.0474 e. The minimum absolute atomic E-state index is 0.353. The Morgan fingerprint density at radius 3 is 2.79 bits per heavy atom. The summed E-state index contributed by atoms with van der Waals surface area (Å²) in [5, 5.41) is 12.7. The molecule has 0 heterocycles. The molecule has 1 saturated carbocycles. The van der Waals surface area contributed by atoms with Crippen LogP contribution in [0.4, 0.5) is 0 Å². The van der Waals surface area contributed by atoms with Crippen LogP contribution in [0.25, 0.3) is 0 Å². The predicted octanol–water partition coefficient (Wildman–Crippen LogP) is 0.689. The van der Waals surface area contributed by atoms with Gasteiger partial charge in [-0.1, -0.05) is 6.42 Å². The zero-order valence-corrected chi connectivity index (χ0v) is 9.50. The quantitative estimate of drug-likeness (QED) is 0.619. The van der Waals surface area contributed by atoms with Crippen LogP contribution in [0, 0.1) is 5.92 Å². The van der Waals surface area contributed by atoms with Gasteiger partial charge in [0.1, 0.15) is 0 Å². The summed E-state index contributed by atoms with van der Waals surface area (Å²) in [6.45, 7) is 2.58. The van der Waals surface area contributed by atoms with Gasteiger partial charge in [-0.2, -0.15) is 0 Å². The van der Waals surface area contributed by atoms with Gasteiger partial charge in [-0.25, -0.2) is 0 Å². The van der Waals surface area contributed by atoms with Gasteiger partial charge < -0.3 is 15.3 Å². The van der Waals surface area contributed by atoms with E-state index in [4.69, 9.17) is 5.11 Å². The van der Waals surface area contributed by atoms with Crippen molar-refractivity contribution in [3.05, 3.63) is 0 Å². The highest BCUT2D eigenvalue weighted by Gasteiger charge is 2.25. The van der Waals surface area contributed by atoms with Crippen molar-refractivity contribution >= 4 is 0 Å². The van der Waals surface area contributed by atoms with Crippen molar-refractivity contribution in [2.24, 2.45) is 5.92 Å². The van der Waals surface area contributed by atoms with Crippen molar-refractivity contribution in [3.8, 4) is 0 Å². The van der Waals surface area contributed by atoms with Crippen LogP contribution in [-0.4, -0.2) is 49.8 Å². The number of nitrogens with zero attached hydrogens (tertiary/aromatic N) is 1. The van der Waals surface area contributed by atoms with Gasteiger partial charge in [-0.15, -0.1) is 0 Å². The maximum absolute atomic E-state index is 9.13. The lowest BCUT2D eigenvalue weighted by atomic mass is 10.1. The van der Waals surface area contributed by atoms with Gasteiger partial charge >= 0.3 is 0 Å². The summed E-state index contributed by atoms with van der Waals surface area (Å²) in [4.78, 5) is 2.21. The van der Waals surface area contributed by atoms with Crippen LogP contribution < -0.4 is 5.32 Å². The first kappa shape index (κ1) is 12.0. The zero-order valence-electron chi connectivity index (χ0n) is 9.50. The Labute approximate surface area is 87.5 Å². The summed E-state index contributed by atoms with van der Waals surface area (Å²) < 4.78 is 0. The minimum atomic E-state index is 0.353. The topological polar surface area (TPSA) is 35.5 Å². The van der Waals surface area contributed by atoms with Crippen LogP contribution in [0.1, 0.15) is 25.7 Å². The second-order valence-electron chi connectivity index (χ2n) is 4.59. The van der Waals surface area contributed by atoms with Gasteiger partial charge in [0.2, 0.25) is 0 Å². The standard InChI is InChI=1S/C11H24N2O/c1-13(2)8-4-7-12-11-6-3-5-10(11)9-14/h10-12,14H,3-9H2,1-2H3. The van der Waals surface area contributed by atoms with E-state index in [1.807, 2.05) is 0 Å². The Bertz CT molecular complexity index is 150. The molecule has 0 aromatic carbocycles. The van der Waals surface area contributed by atoms with E-state index in [2.05, 4.69) is 24.3 Å². The molecule has 0 aromatic rings. The van der Waals surface area contributed by atoms with Crippen molar-refractivity contribution in [1.29, 1.82) is 0 Å². The van der Waals surface area contributed by atoms with E-state index < -0.39 is 0 Å². The van der Waals surface area contributed by atoms with Gasteiger partial charge in [0.25, 0.3) is 0 Å². The molecular formula is C11H24N2O. The molecule has 0 bridgehead atoms. The summed E-state index contributed by atoms with van der Waals surface area (Å²) in [5.74, 6) is 0.509. The number of aliphatic hydroxyl groups excluding tert-OH is 1. The minimum Gasteiger partial charge on any atom is -0.396 e. The van der Waals surface area contributed by atoms with E-state index in [1.165, 1.54) is 25.7 Å². The first-order valence-electron chi connectivity index (χ1n) is 5.73. The molecule has 0 saturated heterocycles. The third-order valence-electron chi connectivity index (χ3n) is 3.08. The number of nitrogens with one attached hydrogen (secondary N) is 1. The summed E-state index contributed by atoms with van der Waals surface area (Å²) in [7, 11) is 4.21. The van der Waals surface area contributed by atoms with Crippen LogP contribution in [0.15, 0.2) is 0 Å². The molecule has 3 heteroatoms. The maximum Gasteiger partial charge on any atom is 0.0474 e. The van der Waals surface area contributed by atoms with Crippen LogP contribution >= 0.6 is 0 Å². The lowest BCUT2D eigenvalue weighted by Crippen LogP contribution is -2.35. The second kappa shape index (κ2) is 6.38. The van der Waals surface area contributed by atoms with E-state index >= 15 is 0 Å². The molecule has 0 aromatic heterocycles. The van der Waals surface area contributed by atoms with Crippen molar-refractivity contribution in [1.82, 2.24) is 10.2 Å².